The topological polar surface area (TPSA) is 59.4 Å². The van der Waals surface area contributed by atoms with E-state index in [1.165, 1.54) is 16.7 Å². The number of sulfonamides is 1. The van der Waals surface area contributed by atoms with Crippen molar-refractivity contribution >= 4 is 50.6 Å². The Kier molecular flexibility index (Phi) is 6.13. The zero-order chi connectivity index (χ0) is 24.9. The monoisotopic (exact) mass is 548 g/mol. The second kappa shape index (κ2) is 8.99. The lowest BCUT2D eigenvalue weighted by Crippen LogP contribution is -2.34. The van der Waals surface area contributed by atoms with Crippen molar-refractivity contribution in [1.29, 1.82) is 0 Å². The molecule has 1 aromatic heterocycles. The van der Waals surface area contributed by atoms with Gasteiger partial charge in [-0.3, -0.25) is 9.36 Å². The molecule has 1 aliphatic heterocycles. The third kappa shape index (κ3) is 4.12. The van der Waals surface area contributed by atoms with Gasteiger partial charge >= 0.3 is 0 Å². The van der Waals surface area contributed by atoms with Crippen molar-refractivity contribution in [2.75, 3.05) is 4.31 Å². The highest BCUT2D eigenvalue weighted by molar-refractivity contribution is 7.93. The fourth-order valence-electron chi connectivity index (χ4n) is 4.39. The van der Waals surface area contributed by atoms with E-state index in [1.807, 2.05) is 0 Å². The molecule has 0 saturated carbocycles. The van der Waals surface area contributed by atoms with Crippen LogP contribution in [0.1, 0.15) is 23.2 Å². The van der Waals surface area contributed by atoms with Gasteiger partial charge in [0.2, 0.25) is 0 Å². The Hall–Kier alpha value is -2.84. The Morgan fingerprint density at radius 3 is 1.89 bits per heavy atom. The van der Waals surface area contributed by atoms with Crippen LogP contribution in [0.4, 0.5) is 10.2 Å². The van der Waals surface area contributed by atoms with Gasteiger partial charge in [-0.25, -0.2) is 17.1 Å². The van der Waals surface area contributed by atoms with E-state index in [2.05, 4.69) is 0 Å². The first kappa shape index (κ1) is 23.9. The summed E-state index contributed by atoms with van der Waals surface area (Å²) in [6.45, 7) is 0. The number of hydrogen-bond donors (Lipinski definition) is 0. The maximum atomic E-state index is 14.1. The lowest BCUT2D eigenvalue weighted by Gasteiger charge is -2.29. The molecule has 5 nitrogen and oxygen atoms in total. The van der Waals surface area contributed by atoms with Crippen LogP contribution in [-0.2, 0) is 10.0 Å². The molecule has 5 rings (SSSR count). The van der Waals surface area contributed by atoms with Crippen molar-refractivity contribution in [2.24, 2.45) is 0 Å². The van der Waals surface area contributed by atoms with E-state index < -0.39 is 27.9 Å². The van der Waals surface area contributed by atoms with Crippen molar-refractivity contribution in [3.8, 4) is 0 Å². The van der Waals surface area contributed by atoms with E-state index >= 15 is 0 Å². The highest BCUT2D eigenvalue weighted by atomic mass is 35.5. The fraction of sp³-hybridized carbons (Fsp3) is 0.0800. The van der Waals surface area contributed by atoms with Crippen LogP contribution in [0.25, 0.3) is 0 Å². The molecule has 0 spiro atoms. The largest absolute Gasteiger partial charge is 0.284 e. The van der Waals surface area contributed by atoms with Crippen LogP contribution >= 0.6 is 34.8 Å². The minimum atomic E-state index is -4.36. The van der Waals surface area contributed by atoms with Crippen LogP contribution in [0.2, 0.25) is 15.1 Å². The molecular weight excluding hydrogens is 534 g/mol. The summed E-state index contributed by atoms with van der Waals surface area (Å²) in [5, 5.41) is 0.707. The first-order chi connectivity index (χ1) is 16.7. The summed E-state index contributed by atoms with van der Waals surface area (Å²) in [5.74, 6) is -0.516. The first-order valence-corrected chi connectivity index (χ1v) is 13.0. The summed E-state index contributed by atoms with van der Waals surface area (Å²) >= 11 is 18.4. The normalized spacial score (nSPS) is 17.4. The van der Waals surface area contributed by atoms with Crippen LogP contribution < -0.4 is 9.86 Å². The zero-order valence-corrected chi connectivity index (χ0v) is 20.9. The van der Waals surface area contributed by atoms with Gasteiger partial charge in [0, 0.05) is 16.1 Å². The Morgan fingerprint density at radius 2 is 1.31 bits per heavy atom. The van der Waals surface area contributed by atoms with E-state index in [0.717, 1.165) is 22.5 Å². The molecule has 0 N–H and O–H groups in total. The molecule has 178 valence electrons. The molecule has 0 bridgehead atoms. The van der Waals surface area contributed by atoms with Crippen molar-refractivity contribution in [3.05, 3.63) is 127 Å². The van der Waals surface area contributed by atoms with Crippen LogP contribution in [0.15, 0.2) is 94.6 Å². The van der Waals surface area contributed by atoms with Gasteiger partial charge in [-0.1, -0.05) is 65.1 Å². The molecule has 0 radical (unpaired) electrons. The predicted octanol–water partition coefficient (Wildman–Crippen LogP) is 6.49. The average molecular weight is 550 g/mol. The molecule has 35 heavy (non-hydrogen) atoms. The van der Waals surface area contributed by atoms with Crippen LogP contribution in [-0.4, -0.2) is 13.0 Å². The Balaban J connectivity index is 1.82. The molecule has 0 aliphatic carbocycles. The molecule has 4 aromatic rings. The molecule has 3 aromatic carbocycles. The summed E-state index contributed by atoms with van der Waals surface area (Å²) in [7, 11) is -4.36. The highest BCUT2D eigenvalue weighted by Gasteiger charge is 2.47. The van der Waals surface area contributed by atoms with Gasteiger partial charge in [-0.05, 0) is 59.7 Å². The quantitative estimate of drug-likeness (QED) is 0.292. The van der Waals surface area contributed by atoms with Gasteiger partial charge in [-0.2, -0.15) is 0 Å². The number of hydrogen-bond acceptors (Lipinski definition) is 3. The smallest absolute Gasteiger partial charge is 0.267 e. The minimum Gasteiger partial charge on any atom is -0.284 e. The number of rotatable bonds is 4. The predicted molar refractivity (Wildman–Crippen MR) is 136 cm³/mol. The van der Waals surface area contributed by atoms with Crippen LogP contribution in [0, 0.1) is 5.82 Å². The summed E-state index contributed by atoms with van der Waals surface area (Å²) < 4.78 is 44.5. The van der Waals surface area contributed by atoms with E-state index in [9.17, 15) is 17.6 Å². The van der Waals surface area contributed by atoms with E-state index in [0.29, 0.717) is 21.2 Å². The molecule has 0 saturated heterocycles. The van der Waals surface area contributed by atoms with E-state index in [-0.39, 0.29) is 21.3 Å². The van der Waals surface area contributed by atoms with Gasteiger partial charge in [0.1, 0.15) is 16.5 Å². The number of benzene rings is 3. The summed E-state index contributed by atoms with van der Waals surface area (Å²) in [5.41, 5.74) is 0.885. The Morgan fingerprint density at radius 1 is 0.743 bits per heavy atom. The second-order valence-electron chi connectivity index (χ2n) is 7.96. The number of anilines is 1. The molecule has 10 heteroatoms. The Bertz CT molecular complexity index is 1590. The third-order valence-electron chi connectivity index (χ3n) is 5.88. The van der Waals surface area contributed by atoms with E-state index in [1.54, 1.807) is 54.6 Å². The molecular formula is C25H16Cl3FN2O3S. The SMILES string of the molecule is O=c1cccc2n1C(c1ccc(Cl)cc1)C(c1ccc(Cl)cc1)N2S(=O)(=O)c1ccc(F)cc1Cl. The summed E-state index contributed by atoms with van der Waals surface area (Å²) in [6, 6.07) is 19.5. The van der Waals surface area contributed by atoms with E-state index in [4.69, 9.17) is 34.8 Å². The highest BCUT2D eigenvalue weighted by Crippen LogP contribution is 2.49. The van der Waals surface area contributed by atoms with Gasteiger partial charge in [-0.15, -0.1) is 0 Å². The number of nitrogens with zero attached hydrogens (tertiary/aromatic N) is 2. The minimum absolute atomic E-state index is 0.151. The Labute approximate surface area is 216 Å². The number of halogens is 4. The number of pyridine rings is 1. The van der Waals surface area contributed by atoms with Gasteiger partial charge in [0.05, 0.1) is 17.1 Å². The van der Waals surface area contributed by atoms with Crippen molar-refractivity contribution < 1.29 is 12.8 Å². The maximum absolute atomic E-state index is 14.1. The molecule has 0 fully saturated rings. The first-order valence-electron chi connectivity index (χ1n) is 10.4. The van der Waals surface area contributed by atoms with Gasteiger partial charge in [0.15, 0.2) is 0 Å². The maximum Gasteiger partial charge on any atom is 0.267 e. The second-order valence-corrected chi connectivity index (χ2v) is 11.0. The van der Waals surface area contributed by atoms with Gasteiger partial charge < -0.3 is 0 Å². The number of fused-ring (bicyclic) bond motifs is 1. The lowest BCUT2D eigenvalue weighted by molar-refractivity contribution is 0.529. The number of aromatic nitrogens is 1. The van der Waals surface area contributed by atoms with Crippen LogP contribution in [0.5, 0.6) is 0 Å². The van der Waals surface area contributed by atoms with Crippen molar-refractivity contribution in [2.45, 2.75) is 17.0 Å². The summed E-state index contributed by atoms with van der Waals surface area (Å²) in [6.07, 6.45) is 0. The molecule has 2 heterocycles. The lowest BCUT2D eigenvalue weighted by atomic mass is 9.94. The summed E-state index contributed by atoms with van der Waals surface area (Å²) in [4.78, 5) is 12.9. The fourth-order valence-corrected chi connectivity index (χ4v) is 6.79. The van der Waals surface area contributed by atoms with Crippen molar-refractivity contribution in [3.63, 3.8) is 0 Å². The third-order valence-corrected chi connectivity index (χ3v) is 8.65. The standard InChI is InChI=1S/C25H16Cl3FN2O3S/c26-17-8-4-15(5-9-17)24-25(16-6-10-18(27)11-7-16)31(22-2-1-3-23(32)30(22)24)35(33,34)21-13-12-19(29)14-20(21)28/h1-14,24-25H. The molecule has 2 atom stereocenters. The molecule has 2 unspecified atom stereocenters. The van der Waals surface area contributed by atoms with Crippen molar-refractivity contribution in [1.82, 2.24) is 4.57 Å². The zero-order valence-electron chi connectivity index (χ0n) is 17.8. The van der Waals surface area contributed by atoms with Gasteiger partial charge in [0.25, 0.3) is 15.6 Å². The average Bonchev–Trinajstić information content (AvgIpc) is 3.17. The molecule has 1 aliphatic rings. The van der Waals surface area contributed by atoms with Crippen LogP contribution in [0.3, 0.4) is 0 Å². The molecule has 0 amide bonds.